The highest BCUT2D eigenvalue weighted by Gasteiger charge is 2.69. The zero-order valence-electron chi connectivity index (χ0n) is 17.9. The molecule has 0 unspecified atom stereocenters. The molecule has 2 aromatic carbocycles. The van der Waals surface area contributed by atoms with E-state index in [0.717, 1.165) is 16.8 Å². The zero-order valence-corrected chi connectivity index (χ0v) is 17.9. The van der Waals surface area contributed by atoms with Crippen LogP contribution < -0.4 is 10.2 Å². The fraction of sp³-hybridized carbons (Fsp3) is 0.185. The topological polar surface area (TPSA) is 79.4 Å². The van der Waals surface area contributed by atoms with Crippen molar-refractivity contribution in [1.82, 2.24) is 4.98 Å². The van der Waals surface area contributed by atoms with E-state index in [1.165, 1.54) is 6.92 Å². The van der Waals surface area contributed by atoms with Gasteiger partial charge in [-0.3, -0.25) is 19.4 Å². The second-order valence-corrected chi connectivity index (χ2v) is 8.77. The number of pyridine rings is 1. The monoisotopic (exact) mass is 435 g/mol. The van der Waals surface area contributed by atoms with Crippen molar-refractivity contribution in [3.63, 3.8) is 0 Å². The van der Waals surface area contributed by atoms with Gasteiger partial charge in [-0.25, -0.2) is 0 Å². The first-order chi connectivity index (χ1) is 16.0. The Labute approximate surface area is 191 Å². The van der Waals surface area contributed by atoms with Gasteiger partial charge in [-0.2, -0.15) is 0 Å². The van der Waals surface area contributed by atoms with Crippen molar-refractivity contribution in [2.75, 3.05) is 10.2 Å². The van der Waals surface area contributed by atoms with Gasteiger partial charge in [0.05, 0.1) is 18.0 Å². The average Bonchev–Trinajstić information content (AvgIpc) is 3.32. The SMILES string of the molecule is CC(=O)[C@@H]1[C@H](C(=O)c2ccncc2)[C@]2(C(=O)Nc3ccccc32)[C@@H]2C=Cc3ccccc3N12. The Balaban J connectivity index is 1.67. The highest BCUT2D eigenvalue weighted by Crippen LogP contribution is 2.57. The highest BCUT2D eigenvalue weighted by molar-refractivity contribution is 6.16. The summed E-state index contributed by atoms with van der Waals surface area (Å²) in [6, 6.07) is 17.3. The third-order valence-corrected chi connectivity index (χ3v) is 7.21. The van der Waals surface area contributed by atoms with Crippen LogP contribution in [0.25, 0.3) is 6.08 Å². The van der Waals surface area contributed by atoms with Gasteiger partial charge in [-0.15, -0.1) is 0 Å². The molecule has 1 fully saturated rings. The molecule has 1 aromatic heterocycles. The molecule has 0 saturated carbocycles. The van der Waals surface area contributed by atoms with Crippen molar-refractivity contribution in [1.29, 1.82) is 0 Å². The number of fused-ring (bicyclic) bond motifs is 6. The quantitative estimate of drug-likeness (QED) is 0.636. The summed E-state index contributed by atoms with van der Waals surface area (Å²) in [5.74, 6) is -1.53. The van der Waals surface area contributed by atoms with E-state index in [-0.39, 0.29) is 17.5 Å². The maximum Gasteiger partial charge on any atom is 0.238 e. The molecular formula is C27H21N3O3. The van der Waals surface area contributed by atoms with Gasteiger partial charge in [-0.1, -0.05) is 48.6 Å². The minimum absolute atomic E-state index is 0.147. The summed E-state index contributed by atoms with van der Waals surface area (Å²) < 4.78 is 0. The molecule has 3 aliphatic heterocycles. The lowest BCUT2D eigenvalue weighted by molar-refractivity contribution is -0.122. The maximum atomic E-state index is 14.1. The van der Waals surface area contributed by atoms with Gasteiger partial charge >= 0.3 is 0 Å². The summed E-state index contributed by atoms with van der Waals surface area (Å²) in [5.41, 5.74) is 2.45. The summed E-state index contributed by atoms with van der Waals surface area (Å²) in [7, 11) is 0. The number of nitrogens with zero attached hydrogens (tertiary/aromatic N) is 2. The Morgan fingerprint density at radius 3 is 2.52 bits per heavy atom. The molecule has 6 heteroatoms. The van der Waals surface area contributed by atoms with Crippen LogP contribution >= 0.6 is 0 Å². The van der Waals surface area contributed by atoms with Crippen LogP contribution in [0.3, 0.4) is 0 Å². The number of amides is 1. The Kier molecular flexibility index (Phi) is 4.14. The van der Waals surface area contributed by atoms with Crippen LogP contribution in [0.5, 0.6) is 0 Å². The number of hydrogen-bond donors (Lipinski definition) is 1. The van der Waals surface area contributed by atoms with Crippen LogP contribution in [0.1, 0.15) is 28.4 Å². The van der Waals surface area contributed by atoms with E-state index in [2.05, 4.69) is 10.3 Å². The molecule has 0 aliphatic carbocycles. The van der Waals surface area contributed by atoms with Gasteiger partial charge in [0.2, 0.25) is 5.91 Å². The number of para-hydroxylation sites is 2. The molecule has 0 radical (unpaired) electrons. The smallest absolute Gasteiger partial charge is 0.238 e. The Bertz CT molecular complexity index is 1350. The largest absolute Gasteiger partial charge is 0.352 e. The number of benzene rings is 2. The van der Waals surface area contributed by atoms with Crippen molar-refractivity contribution in [2.24, 2.45) is 5.92 Å². The number of aromatic nitrogens is 1. The Hall–Kier alpha value is -4.06. The summed E-state index contributed by atoms with van der Waals surface area (Å²) in [6.45, 7) is 1.51. The molecular weight excluding hydrogens is 414 g/mol. The number of ketones is 2. The molecule has 1 N–H and O–H groups in total. The van der Waals surface area contributed by atoms with E-state index in [1.54, 1.807) is 24.5 Å². The third kappa shape index (κ3) is 2.49. The van der Waals surface area contributed by atoms with E-state index in [4.69, 9.17) is 0 Å². The van der Waals surface area contributed by atoms with E-state index in [9.17, 15) is 14.4 Å². The molecule has 1 saturated heterocycles. The van der Waals surface area contributed by atoms with Crippen LogP contribution in [0, 0.1) is 5.92 Å². The molecule has 0 bridgehead atoms. The van der Waals surface area contributed by atoms with Gasteiger partial charge < -0.3 is 10.2 Å². The van der Waals surface area contributed by atoms with E-state index < -0.39 is 23.4 Å². The molecule has 4 heterocycles. The minimum atomic E-state index is -1.24. The third-order valence-electron chi connectivity index (χ3n) is 7.21. The number of anilines is 2. The Morgan fingerprint density at radius 1 is 1.00 bits per heavy atom. The Morgan fingerprint density at radius 2 is 1.73 bits per heavy atom. The highest BCUT2D eigenvalue weighted by atomic mass is 16.2. The molecule has 6 nitrogen and oxygen atoms in total. The van der Waals surface area contributed by atoms with E-state index in [0.29, 0.717) is 11.3 Å². The minimum Gasteiger partial charge on any atom is -0.352 e. The number of carbonyl (C=O) groups excluding carboxylic acids is 3. The molecule has 33 heavy (non-hydrogen) atoms. The van der Waals surface area contributed by atoms with Crippen molar-refractivity contribution >= 4 is 34.9 Å². The second kappa shape index (κ2) is 6.97. The maximum absolute atomic E-state index is 14.1. The van der Waals surface area contributed by atoms with Gasteiger partial charge in [0.1, 0.15) is 5.41 Å². The van der Waals surface area contributed by atoms with Crippen molar-refractivity contribution in [3.8, 4) is 0 Å². The molecule has 3 aliphatic rings. The van der Waals surface area contributed by atoms with Crippen molar-refractivity contribution in [2.45, 2.75) is 24.4 Å². The number of carbonyl (C=O) groups is 3. The molecule has 1 amide bonds. The van der Waals surface area contributed by atoms with Crippen LogP contribution in [-0.2, 0) is 15.0 Å². The predicted octanol–water partition coefficient (Wildman–Crippen LogP) is 3.64. The first kappa shape index (κ1) is 19.6. The predicted molar refractivity (Wildman–Crippen MR) is 125 cm³/mol. The number of hydrogen-bond acceptors (Lipinski definition) is 5. The number of Topliss-reactive ketones (excluding diaryl/α,β-unsaturated/α-hetero) is 2. The van der Waals surface area contributed by atoms with Crippen LogP contribution in [0.4, 0.5) is 11.4 Å². The van der Waals surface area contributed by atoms with Gasteiger partial charge in [0.25, 0.3) is 0 Å². The first-order valence-electron chi connectivity index (χ1n) is 11.0. The standard InChI is InChI=1S/C27H21N3O3/c1-16(31)24-23(25(32)18-12-14-28-15-13-18)27(19-7-3-4-8-20(19)29-26(27)33)22-11-10-17-6-2-5-9-21(17)30(22)24/h2-15,22-24H,1H3,(H,29,33)/t22-,23+,24+,27+/m0/s1. The van der Waals surface area contributed by atoms with Gasteiger partial charge in [0.15, 0.2) is 11.6 Å². The van der Waals surface area contributed by atoms with E-state index >= 15 is 0 Å². The summed E-state index contributed by atoms with van der Waals surface area (Å²) in [4.78, 5) is 47.3. The van der Waals surface area contributed by atoms with Crippen molar-refractivity contribution in [3.05, 3.63) is 95.8 Å². The van der Waals surface area contributed by atoms with Crippen LogP contribution in [0.2, 0.25) is 0 Å². The van der Waals surface area contributed by atoms with Crippen LogP contribution in [0.15, 0.2) is 79.1 Å². The summed E-state index contributed by atoms with van der Waals surface area (Å²) in [6.07, 6.45) is 7.08. The second-order valence-electron chi connectivity index (χ2n) is 8.77. The molecule has 6 rings (SSSR count). The molecule has 3 aromatic rings. The normalized spacial score (nSPS) is 26.5. The first-order valence-corrected chi connectivity index (χ1v) is 11.0. The average molecular weight is 435 g/mol. The lowest BCUT2D eigenvalue weighted by Gasteiger charge is -2.37. The fourth-order valence-electron chi connectivity index (χ4n) is 5.97. The lowest BCUT2D eigenvalue weighted by atomic mass is 9.64. The number of rotatable bonds is 3. The molecule has 1 spiro atoms. The van der Waals surface area contributed by atoms with E-state index in [1.807, 2.05) is 65.6 Å². The van der Waals surface area contributed by atoms with Crippen LogP contribution in [-0.4, -0.2) is 34.5 Å². The fourth-order valence-corrected chi connectivity index (χ4v) is 5.97. The molecule has 162 valence electrons. The summed E-state index contributed by atoms with van der Waals surface area (Å²) in [5, 5.41) is 3.01. The lowest BCUT2D eigenvalue weighted by Crippen LogP contribution is -2.51. The van der Waals surface area contributed by atoms with Gasteiger partial charge in [-0.05, 0) is 42.3 Å². The zero-order chi connectivity index (χ0) is 22.7. The van der Waals surface area contributed by atoms with Crippen molar-refractivity contribution < 1.29 is 14.4 Å². The summed E-state index contributed by atoms with van der Waals surface area (Å²) >= 11 is 0. The van der Waals surface area contributed by atoms with Gasteiger partial charge in [0, 0.05) is 29.3 Å². The number of nitrogens with one attached hydrogen (secondary N) is 1. The molecule has 4 atom stereocenters.